The fourth-order valence-electron chi connectivity index (χ4n) is 3.74. The minimum atomic E-state index is -4.73. The summed E-state index contributed by atoms with van der Waals surface area (Å²) >= 11 is 0. The summed E-state index contributed by atoms with van der Waals surface area (Å²) in [5.74, 6) is -1.06. The lowest BCUT2D eigenvalue weighted by Gasteiger charge is -2.16. The van der Waals surface area contributed by atoms with Gasteiger partial charge in [-0.25, -0.2) is 14.4 Å². The number of halogens is 4. The summed E-state index contributed by atoms with van der Waals surface area (Å²) in [5, 5.41) is 8.32. The van der Waals surface area contributed by atoms with Crippen LogP contribution in [0.25, 0.3) is 0 Å². The second-order valence-corrected chi connectivity index (χ2v) is 8.74. The molecule has 1 fully saturated rings. The van der Waals surface area contributed by atoms with E-state index in [-0.39, 0.29) is 36.0 Å². The quantitative estimate of drug-likeness (QED) is 0.261. The molecule has 37 heavy (non-hydrogen) atoms. The first-order chi connectivity index (χ1) is 17.6. The molecule has 2 heterocycles. The number of nitrogens with one attached hydrogen (secondary N) is 3. The van der Waals surface area contributed by atoms with E-state index in [2.05, 4.69) is 30.9 Å². The van der Waals surface area contributed by atoms with Crippen molar-refractivity contribution < 1.29 is 27.2 Å². The summed E-state index contributed by atoms with van der Waals surface area (Å²) in [5.41, 5.74) is -1.15. The number of hydrogen-bond acceptors (Lipinski definition) is 7. The van der Waals surface area contributed by atoms with Crippen LogP contribution in [0.3, 0.4) is 0 Å². The van der Waals surface area contributed by atoms with Crippen LogP contribution in [0, 0.1) is 11.2 Å². The molecule has 0 saturated heterocycles. The van der Waals surface area contributed by atoms with Gasteiger partial charge in [-0.1, -0.05) is 0 Å². The number of rotatable bonds is 10. The van der Waals surface area contributed by atoms with E-state index in [1.807, 2.05) is 6.92 Å². The summed E-state index contributed by atoms with van der Waals surface area (Å²) in [6.07, 6.45) is 0.656. The molecule has 1 aromatic carbocycles. The van der Waals surface area contributed by atoms with Crippen LogP contribution < -0.4 is 16.0 Å². The van der Waals surface area contributed by atoms with Crippen molar-refractivity contribution in [2.24, 2.45) is 5.41 Å². The molecule has 0 aliphatic heterocycles. The van der Waals surface area contributed by atoms with Crippen molar-refractivity contribution in [1.82, 2.24) is 20.3 Å². The number of carbonyl (C=O) groups excluding carboxylic acids is 2. The highest BCUT2D eigenvalue weighted by molar-refractivity contribution is 6.00. The zero-order chi connectivity index (χ0) is 26.6. The van der Waals surface area contributed by atoms with Gasteiger partial charge in [-0.2, -0.15) is 13.2 Å². The Morgan fingerprint density at radius 3 is 2.35 bits per heavy atom. The van der Waals surface area contributed by atoms with E-state index in [4.69, 9.17) is 0 Å². The van der Waals surface area contributed by atoms with Crippen molar-refractivity contribution in [2.45, 2.75) is 38.9 Å². The van der Waals surface area contributed by atoms with Gasteiger partial charge in [0.2, 0.25) is 11.9 Å². The number of benzene rings is 1. The van der Waals surface area contributed by atoms with Gasteiger partial charge in [-0.15, -0.1) is 0 Å². The molecule has 2 aromatic heterocycles. The van der Waals surface area contributed by atoms with Crippen molar-refractivity contribution in [1.29, 1.82) is 0 Å². The average molecular weight is 516 g/mol. The van der Waals surface area contributed by atoms with Crippen molar-refractivity contribution in [3.63, 3.8) is 0 Å². The van der Waals surface area contributed by atoms with Crippen LogP contribution in [0.2, 0.25) is 0 Å². The summed E-state index contributed by atoms with van der Waals surface area (Å²) in [7, 11) is 0. The zero-order valence-corrected chi connectivity index (χ0v) is 19.8. The third kappa shape index (κ3) is 6.38. The first-order valence-electron chi connectivity index (χ1n) is 11.6. The molecule has 0 radical (unpaired) electrons. The van der Waals surface area contributed by atoms with Crippen LogP contribution in [-0.4, -0.2) is 33.2 Å². The van der Waals surface area contributed by atoms with Crippen molar-refractivity contribution in [2.75, 3.05) is 17.2 Å². The van der Waals surface area contributed by atoms with Crippen LogP contribution >= 0.6 is 0 Å². The minimum absolute atomic E-state index is 0.0399. The summed E-state index contributed by atoms with van der Waals surface area (Å²) in [4.78, 5) is 37.8. The molecule has 194 valence electrons. The fraction of sp³-hybridized carbons (Fsp3) is 0.320. The van der Waals surface area contributed by atoms with E-state index in [0.717, 1.165) is 12.1 Å². The largest absolute Gasteiger partial charge is 0.418 e. The molecule has 0 bridgehead atoms. The molecular formula is C25H24F4N6O2. The topological polar surface area (TPSA) is 109 Å². The van der Waals surface area contributed by atoms with E-state index in [9.17, 15) is 27.2 Å². The van der Waals surface area contributed by atoms with Crippen LogP contribution in [-0.2, 0) is 17.5 Å². The normalized spacial score (nSPS) is 14.1. The van der Waals surface area contributed by atoms with E-state index < -0.39 is 23.0 Å². The molecule has 0 atom stereocenters. The Labute approximate surface area is 209 Å². The second-order valence-electron chi connectivity index (χ2n) is 8.74. The Hall–Kier alpha value is -4.09. The molecule has 0 spiro atoms. The van der Waals surface area contributed by atoms with Gasteiger partial charge in [0.25, 0.3) is 0 Å². The molecule has 4 rings (SSSR count). The maximum absolute atomic E-state index is 13.3. The molecule has 1 aliphatic carbocycles. The van der Waals surface area contributed by atoms with Gasteiger partial charge in [0.15, 0.2) is 5.78 Å². The number of amides is 1. The first-order valence-corrected chi connectivity index (χ1v) is 11.6. The van der Waals surface area contributed by atoms with Gasteiger partial charge < -0.3 is 16.0 Å². The van der Waals surface area contributed by atoms with Gasteiger partial charge in [0.05, 0.1) is 46.4 Å². The zero-order valence-electron chi connectivity index (χ0n) is 19.8. The minimum Gasteiger partial charge on any atom is -0.355 e. The Bertz CT molecular complexity index is 1280. The van der Waals surface area contributed by atoms with Crippen molar-refractivity contribution >= 4 is 29.0 Å². The SMILES string of the molecule is CCNc1ncc(C(=O)CC2(C(=O)NCc3ccc(Nc4ccc(F)cc4C(F)(F)F)cn3)CC2)cn1. The van der Waals surface area contributed by atoms with Gasteiger partial charge in [0, 0.05) is 25.4 Å². The lowest BCUT2D eigenvalue weighted by molar-refractivity contribution is -0.137. The van der Waals surface area contributed by atoms with Crippen LogP contribution in [0.5, 0.6) is 0 Å². The Morgan fingerprint density at radius 2 is 1.76 bits per heavy atom. The van der Waals surface area contributed by atoms with E-state index >= 15 is 0 Å². The Balaban J connectivity index is 1.33. The fourth-order valence-corrected chi connectivity index (χ4v) is 3.74. The summed E-state index contributed by atoms with van der Waals surface area (Å²) < 4.78 is 52.9. The van der Waals surface area contributed by atoms with Crippen LogP contribution in [0.1, 0.15) is 47.8 Å². The number of pyridine rings is 1. The summed E-state index contributed by atoms with van der Waals surface area (Å²) in [6.45, 7) is 2.64. The predicted octanol–water partition coefficient (Wildman–Crippen LogP) is 4.87. The first kappa shape index (κ1) is 26.0. The maximum atomic E-state index is 13.3. The molecule has 8 nitrogen and oxygen atoms in total. The monoisotopic (exact) mass is 516 g/mol. The standard InChI is InChI=1S/C25H24F4N6O2/c1-2-30-23-33-11-15(12-34-23)21(36)10-24(7-8-24)22(37)32-13-17-4-5-18(14-31-17)35-20-6-3-16(26)9-19(20)25(27,28)29/h3-6,9,11-12,14,35H,2,7-8,10,13H2,1H3,(H,32,37)(H,30,33,34). The van der Waals surface area contributed by atoms with Gasteiger partial charge in [-0.05, 0) is 50.1 Å². The van der Waals surface area contributed by atoms with Gasteiger partial charge >= 0.3 is 6.18 Å². The smallest absolute Gasteiger partial charge is 0.355 e. The number of hydrogen-bond donors (Lipinski definition) is 3. The predicted molar refractivity (Wildman–Crippen MR) is 128 cm³/mol. The highest BCUT2D eigenvalue weighted by atomic mass is 19.4. The number of alkyl halides is 3. The molecule has 1 saturated carbocycles. The molecule has 3 N–H and O–H groups in total. The lowest BCUT2D eigenvalue weighted by atomic mass is 9.96. The third-order valence-corrected chi connectivity index (χ3v) is 5.96. The third-order valence-electron chi connectivity index (χ3n) is 5.96. The number of aromatic nitrogens is 3. The lowest BCUT2D eigenvalue weighted by Crippen LogP contribution is -2.33. The number of anilines is 3. The maximum Gasteiger partial charge on any atom is 0.418 e. The van der Waals surface area contributed by atoms with Crippen molar-refractivity contribution in [3.05, 3.63) is 71.6 Å². The van der Waals surface area contributed by atoms with E-state index in [1.54, 1.807) is 6.07 Å². The molecule has 12 heteroatoms. The highest BCUT2D eigenvalue weighted by Gasteiger charge is 2.51. The Morgan fingerprint density at radius 1 is 1.03 bits per heavy atom. The molecular weight excluding hydrogens is 492 g/mol. The van der Waals surface area contributed by atoms with Gasteiger partial charge in [0.1, 0.15) is 5.82 Å². The number of Topliss-reactive ketones (excluding diaryl/α,β-unsaturated/α-hetero) is 1. The van der Waals surface area contributed by atoms with E-state index in [1.165, 1.54) is 24.7 Å². The average Bonchev–Trinajstić information content (AvgIpc) is 3.65. The highest BCUT2D eigenvalue weighted by Crippen LogP contribution is 2.49. The number of carbonyl (C=O) groups is 2. The number of nitrogens with zero attached hydrogens (tertiary/aromatic N) is 3. The number of ketones is 1. The molecule has 0 unspecified atom stereocenters. The van der Waals surface area contributed by atoms with Gasteiger partial charge in [-0.3, -0.25) is 14.6 Å². The Kier molecular flexibility index (Phi) is 7.37. The molecule has 3 aromatic rings. The second kappa shape index (κ2) is 10.5. The van der Waals surface area contributed by atoms with Crippen molar-refractivity contribution in [3.8, 4) is 0 Å². The van der Waals surface area contributed by atoms with Crippen LogP contribution in [0.4, 0.5) is 34.9 Å². The molecule has 1 amide bonds. The van der Waals surface area contributed by atoms with E-state index in [0.29, 0.717) is 42.7 Å². The summed E-state index contributed by atoms with van der Waals surface area (Å²) in [6, 6.07) is 5.41. The van der Waals surface area contributed by atoms with Crippen LogP contribution in [0.15, 0.2) is 48.9 Å². The molecule has 1 aliphatic rings.